The molecule has 0 fully saturated rings. The fourth-order valence-corrected chi connectivity index (χ4v) is 2.39. The summed E-state index contributed by atoms with van der Waals surface area (Å²) in [6, 6.07) is 7.19. The first kappa shape index (κ1) is 15.1. The van der Waals surface area contributed by atoms with E-state index in [2.05, 4.69) is 15.9 Å². The van der Waals surface area contributed by atoms with Crippen LogP contribution < -0.4 is 4.74 Å². The highest BCUT2D eigenvalue weighted by molar-refractivity contribution is 9.10. The van der Waals surface area contributed by atoms with Crippen molar-refractivity contribution >= 4 is 27.5 Å². The second kappa shape index (κ2) is 5.99. The van der Waals surface area contributed by atoms with Gasteiger partial charge in [0, 0.05) is 17.2 Å². The molecule has 6 heteroatoms. The normalized spacial score (nSPS) is 12.2. The van der Waals surface area contributed by atoms with Crippen molar-refractivity contribution in [1.82, 2.24) is 0 Å². The lowest BCUT2D eigenvalue weighted by atomic mass is 10.00. The average Bonchev–Trinajstić information content (AvgIpc) is 2.43. The highest BCUT2D eigenvalue weighted by Gasteiger charge is 2.21. The van der Waals surface area contributed by atoms with Crippen LogP contribution in [0.15, 0.2) is 34.8 Å². The Hall–Kier alpha value is -1.30. The van der Waals surface area contributed by atoms with E-state index in [0.717, 1.165) is 0 Å². The molecule has 0 bridgehead atoms. The predicted molar refractivity (Wildman–Crippen MR) is 77.8 cm³/mol. The molecule has 0 radical (unpaired) electrons. The number of phenols is 1. The first-order chi connectivity index (χ1) is 9.45. The van der Waals surface area contributed by atoms with Gasteiger partial charge in [0.2, 0.25) is 0 Å². The van der Waals surface area contributed by atoms with Crippen LogP contribution in [-0.2, 0) is 0 Å². The summed E-state index contributed by atoms with van der Waals surface area (Å²) in [6.07, 6.45) is -1.26. The van der Waals surface area contributed by atoms with Crippen molar-refractivity contribution in [2.24, 2.45) is 0 Å². The fraction of sp³-hybridized carbons (Fsp3) is 0.143. The minimum Gasteiger partial charge on any atom is -0.507 e. The molecule has 0 amide bonds. The summed E-state index contributed by atoms with van der Waals surface area (Å²) >= 11 is 8.86. The van der Waals surface area contributed by atoms with E-state index in [1.807, 2.05) is 0 Å². The van der Waals surface area contributed by atoms with E-state index >= 15 is 0 Å². The van der Waals surface area contributed by atoms with Gasteiger partial charge in [0.05, 0.1) is 16.6 Å². The number of aliphatic hydroxyl groups excluding tert-OH is 1. The van der Waals surface area contributed by atoms with Gasteiger partial charge in [-0.1, -0.05) is 23.7 Å². The van der Waals surface area contributed by atoms with Gasteiger partial charge in [-0.2, -0.15) is 0 Å². The Labute approximate surface area is 128 Å². The minimum absolute atomic E-state index is 0.0355. The monoisotopic (exact) mass is 360 g/mol. The fourth-order valence-electron chi connectivity index (χ4n) is 1.85. The molecule has 0 saturated carbocycles. The zero-order chi connectivity index (χ0) is 14.9. The Morgan fingerprint density at radius 2 is 2.00 bits per heavy atom. The summed E-state index contributed by atoms with van der Waals surface area (Å²) in [4.78, 5) is 0. The maximum absolute atomic E-state index is 14.0. The van der Waals surface area contributed by atoms with E-state index in [0.29, 0.717) is 10.0 Å². The van der Waals surface area contributed by atoms with Crippen LogP contribution in [0, 0.1) is 5.82 Å². The van der Waals surface area contributed by atoms with Crippen LogP contribution in [-0.4, -0.2) is 17.3 Å². The van der Waals surface area contributed by atoms with E-state index in [1.165, 1.54) is 31.4 Å². The Kier molecular flexibility index (Phi) is 4.52. The third kappa shape index (κ3) is 2.75. The molecule has 2 N–H and O–H groups in total. The van der Waals surface area contributed by atoms with Gasteiger partial charge in [0.25, 0.3) is 0 Å². The number of methoxy groups -OCH3 is 1. The molecule has 0 aliphatic heterocycles. The van der Waals surface area contributed by atoms with Gasteiger partial charge in [-0.15, -0.1) is 0 Å². The zero-order valence-corrected chi connectivity index (χ0v) is 12.7. The number of aromatic hydroxyl groups is 1. The topological polar surface area (TPSA) is 49.7 Å². The molecule has 0 aliphatic carbocycles. The summed E-state index contributed by atoms with van der Waals surface area (Å²) in [5, 5.41) is 19.9. The number of benzene rings is 2. The Morgan fingerprint density at radius 3 is 2.65 bits per heavy atom. The van der Waals surface area contributed by atoms with Gasteiger partial charge in [-0.25, -0.2) is 4.39 Å². The number of ether oxygens (including phenoxy) is 1. The summed E-state index contributed by atoms with van der Waals surface area (Å²) in [5.74, 6) is -0.477. The number of hydrogen-bond donors (Lipinski definition) is 2. The third-order valence-corrected chi connectivity index (χ3v) is 3.80. The number of phenolic OH excluding ortho intramolecular Hbond substituents is 1. The molecule has 2 aromatic rings. The molecule has 2 rings (SSSR count). The van der Waals surface area contributed by atoms with Crippen LogP contribution in [0.2, 0.25) is 5.02 Å². The quantitative estimate of drug-likeness (QED) is 0.867. The van der Waals surface area contributed by atoms with Crippen molar-refractivity contribution in [3.8, 4) is 11.5 Å². The molecule has 1 unspecified atom stereocenters. The lowest BCUT2D eigenvalue weighted by molar-refractivity contribution is 0.209. The molecule has 0 spiro atoms. The van der Waals surface area contributed by atoms with Gasteiger partial charge in [0.1, 0.15) is 23.4 Å². The van der Waals surface area contributed by atoms with E-state index in [9.17, 15) is 14.6 Å². The minimum atomic E-state index is -1.26. The molecule has 0 aromatic heterocycles. The van der Waals surface area contributed by atoms with Crippen LogP contribution in [0.3, 0.4) is 0 Å². The Bertz CT molecular complexity index is 649. The smallest absolute Gasteiger partial charge is 0.147 e. The van der Waals surface area contributed by atoms with Crippen LogP contribution in [0.4, 0.5) is 4.39 Å². The van der Waals surface area contributed by atoms with Crippen LogP contribution >= 0.6 is 27.5 Å². The first-order valence-corrected chi connectivity index (χ1v) is 6.81. The number of aliphatic hydroxyl groups is 1. The summed E-state index contributed by atoms with van der Waals surface area (Å²) in [5.41, 5.74) is 0.353. The van der Waals surface area contributed by atoms with Gasteiger partial charge in [0.15, 0.2) is 0 Å². The van der Waals surface area contributed by atoms with Gasteiger partial charge >= 0.3 is 0 Å². The lowest BCUT2D eigenvalue weighted by Gasteiger charge is -2.17. The lowest BCUT2D eigenvalue weighted by Crippen LogP contribution is -2.05. The van der Waals surface area contributed by atoms with Crippen molar-refractivity contribution in [1.29, 1.82) is 0 Å². The maximum atomic E-state index is 14.0. The van der Waals surface area contributed by atoms with Crippen molar-refractivity contribution in [2.75, 3.05) is 7.11 Å². The first-order valence-electron chi connectivity index (χ1n) is 5.64. The van der Waals surface area contributed by atoms with E-state index < -0.39 is 11.9 Å². The van der Waals surface area contributed by atoms with Crippen molar-refractivity contribution in [3.05, 3.63) is 56.8 Å². The average molecular weight is 362 g/mol. The molecule has 1 atom stereocenters. The molecular weight excluding hydrogens is 351 g/mol. The van der Waals surface area contributed by atoms with Crippen LogP contribution in [0.5, 0.6) is 11.5 Å². The number of hydrogen-bond acceptors (Lipinski definition) is 3. The second-order valence-electron chi connectivity index (χ2n) is 4.09. The second-order valence-corrected chi connectivity index (χ2v) is 5.35. The zero-order valence-electron chi connectivity index (χ0n) is 10.4. The Balaban J connectivity index is 2.55. The van der Waals surface area contributed by atoms with Gasteiger partial charge in [-0.3, -0.25) is 0 Å². The van der Waals surface area contributed by atoms with Crippen LogP contribution in [0.25, 0.3) is 0 Å². The van der Waals surface area contributed by atoms with Crippen molar-refractivity contribution in [2.45, 2.75) is 6.10 Å². The molecule has 0 aliphatic rings. The van der Waals surface area contributed by atoms with Crippen molar-refractivity contribution < 1.29 is 19.3 Å². The molecule has 106 valence electrons. The highest BCUT2D eigenvalue weighted by atomic mass is 79.9. The Morgan fingerprint density at radius 1 is 1.30 bits per heavy atom. The maximum Gasteiger partial charge on any atom is 0.147 e. The van der Waals surface area contributed by atoms with E-state index in [-0.39, 0.29) is 22.1 Å². The van der Waals surface area contributed by atoms with E-state index in [1.54, 1.807) is 6.07 Å². The van der Waals surface area contributed by atoms with E-state index in [4.69, 9.17) is 16.3 Å². The SMILES string of the molecule is COc1cc(O)c(Br)cc1C(O)c1cccc(Cl)c1F. The molecular formula is C14H11BrClFO3. The molecule has 2 aromatic carbocycles. The summed E-state index contributed by atoms with van der Waals surface area (Å²) in [7, 11) is 1.40. The van der Waals surface area contributed by atoms with Gasteiger partial charge in [-0.05, 0) is 28.1 Å². The third-order valence-electron chi connectivity index (χ3n) is 2.87. The molecule has 0 heterocycles. The number of rotatable bonds is 3. The molecule has 3 nitrogen and oxygen atoms in total. The molecule has 20 heavy (non-hydrogen) atoms. The summed E-state index contributed by atoms with van der Waals surface area (Å²) in [6.45, 7) is 0. The van der Waals surface area contributed by atoms with Crippen LogP contribution in [0.1, 0.15) is 17.2 Å². The molecule has 0 saturated heterocycles. The van der Waals surface area contributed by atoms with Crippen molar-refractivity contribution in [3.63, 3.8) is 0 Å². The van der Waals surface area contributed by atoms with Gasteiger partial charge < -0.3 is 14.9 Å². The predicted octanol–water partition coefficient (Wildman–Crippen LogP) is 4.04. The largest absolute Gasteiger partial charge is 0.507 e. The summed E-state index contributed by atoms with van der Waals surface area (Å²) < 4.78 is 19.4. The highest BCUT2D eigenvalue weighted by Crippen LogP contribution is 2.38. The standard InChI is InChI=1S/C14H11BrClFO3/c1-20-12-6-11(18)9(15)5-8(12)14(19)7-3-2-4-10(16)13(7)17/h2-6,14,18-19H,1H3. The number of halogens is 3.